The smallest absolute Gasteiger partial charge is 0.266 e. The van der Waals surface area contributed by atoms with Gasteiger partial charge in [0.15, 0.2) is 0 Å². The number of piperidine rings is 1. The number of hydrogen-bond donors (Lipinski definition) is 1. The zero-order chi connectivity index (χ0) is 20.7. The highest BCUT2D eigenvalue weighted by atomic mass is 35.5. The number of fused-ring (bicyclic) bond motifs is 1. The van der Waals surface area contributed by atoms with Crippen molar-refractivity contribution in [1.29, 1.82) is 0 Å². The molecule has 2 aliphatic heterocycles. The molecule has 0 spiro atoms. The molecule has 1 saturated heterocycles. The van der Waals surface area contributed by atoms with E-state index in [1.54, 1.807) is 30.3 Å². The van der Waals surface area contributed by atoms with E-state index in [0.29, 0.717) is 15.6 Å². The van der Waals surface area contributed by atoms with Gasteiger partial charge in [-0.2, -0.15) is 0 Å². The molecule has 2 heterocycles. The normalized spacial score (nSPS) is 18.7. The Bertz CT molecular complexity index is 1050. The van der Waals surface area contributed by atoms with Crippen molar-refractivity contribution < 1.29 is 23.9 Å². The van der Waals surface area contributed by atoms with Crippen molar-refractivity contribution in [2.45, 2.75) is 25.5 Å². The highest BCUT2D eigenvalue weighted by Crippen LogP contribution is 2.34. The summed E-state index contributed by atoms with van der Waals surface area (Å²) in [4.78, 5) is 50.2. The number of imide groups is 2. The Hall–Kier alpha value is -2.90. The summed E-state index contributed by atoms with van der Waals surface area (Å²) < 4.78 is 5.77. The number of benzene rings is 2. The van der Waals surface area contributed by atoms with E-state index in [9.17, 15) is 19.2 Å². The van der Waals surface area contributed by atoms with Gasteiger partial charge in [-0.15, -0.1) is 0 Å². The van der Waals surface area contributed by atoms with Crippen LogP contribution in [-0.2, 0) is 16.2 Å². The van der Waals surface area contributed by atoms with Crippen LogP contribution in [0.5, 0.6) is 5.75 Å². The molecular formula is C20H14Cl2N2O5. The van der Waals surface area contributed by atoms with Crippen molar-refractivity contribution in [3.05, 3.63) is 63.1 Å². The second-order valence-electron chi connectivity index (χ2n) is 6.69. The van der Waals surface area contributed by atoms with E-state index in [1.165, 1.54) is 6.07 Å². The van der Waals surface area contributed by atoms with E-state index < -0.39 is 29.7 Å². The maximum Gasteiger partial charge on any atom is 0.266 e. The number of nitrogens with zero attached hydrogens (tertiary/aromatic N) is 1. The molecule has 2 aromatic rings. The molecule has 29 heavy (non-hydrogen) atoms. The van der Waals surface area contributed by atoms with Gasteiger partial charge in [0, 0.05) is 16.5 Å². The first kappa shape index (κ1) is 19.4. The van der Waals surface area contributed by atoms with E-state index >= 15 is 0 Å². The predicted molar refractivity (Wildman–Crippen MR) is 104 cm³/mol. The number of amides is 4. The Labute approximate surface area is 175 Å². The second kappa shape index (κ2) is 7.50. The van der Waals surface area contributed by atoms with Crippen molar-refractivity contribution in [1.82, 2.24) is 10.2 Å². The molecule has 0 saturated carbocycles. The largest absolute Gasteiger partial charge is 0.488 e. The minimum atomic E-state index is -1.03. The Morgan fingerprint density at radius 3 is 2.45 bits per heavy atom. The van der Waals surface area contributed by atoms with Crippen molar-refractivity contribution in [2.75, 3.05) is 0 Å². The zero-order valence-corrected chi connectivity index (χ0v) is 16.4. The lowest BCUT2D eigenvalue weighted by molar-refractivity contribution is -0.136. The van der Waals surface area contributed by atoms with Crippen LogP contribution in [0.1, 0.15) is 39.1 Å². The summed E-state index contributed by atoms with van der Waals surface area (Å²) in [6, 6.07) is 8.60. The maximum absolute atomic E-state index is 13.0. The highest BCUT2D eigenvalue weighted by molar-refractivity contribution is 6.34. The van der Waals surface area contributed by atoms with E-state index in [-0.39, 0.29) is 36.3 Å². The van der Waals surface area contributed by atoms with Gasteiger partial charge >= 0.3 is 0 Å². The Balaban J connectivity index is 1.61. The summed E-state index contributed by atoms with van der Waals surface area (Å²) in [5.74, 6) is -2.08. The molecule has 4 rings (SSSR count). The molecule has 7 nitrogen and oxygen atoms in total. The van der Waals surface area contributed by atoms with Crippen LogP contribution in [0.25, 0.3) is 0 Å². The Kier molecular flexibility index (Phi) is 5.02. The fourth-order valence-electron chi connectivity index (χ4n) is 3.46. The fourth-order valence-corrected chi connectivity index (χ4v) is 4.03. The van der Waals surface area contributed by atoms with Crippen LogP contribution in [0.3, 0.4) is 0 Å². The number of ether oxygens (including phenoxy) is 1. The third-order valence-electron chi connectivity index (χ3n) is 4.75. The van der Waals surface area contributed by atoms with Gasteiger partial charge in [-0.3, -0.25) is 29.4 Å². The van der Waals surface area contributed by atoms with E-state index in [1.807, 2.05) is 0 Å². The number of carbonyl (C=O) groups excluding carboxylic acids is 4. The summed E-state index contributed by atoms with van der Waals surface area (Å²) in [5, 5.41) is 3.06. The molecule has 2 aromatic carbocycles. The third-order valence-corrected chi connectivity index (χ3v) is 5.18. The molecule has 9 heteroatoms. The topological polar surface area (TPSA) is 92.8 Å². The summed E-state index contributed by atoms with van der Waals surface area (Å²) >= 11 is 12.0. The first-order valence-electron chi connectivity index (χ1n) is 8.77. The van der Waals surface area contributed by atoms with Gasteiger partial charge in [-0.1, -0.05) is 29.3 Å². The molecule has 0 aromatic heterocycles. The molecule has 4 amide bonds. The van der Waals surface area contributed by atoms with Crippen LogP contribution in [0.4, 0.5) is 0 Å². The summed E-state index contributed by atoms with van der Waals surface area (Å²) in [7, 11) is 0. The monoisotopic (exact) mass is 432 g/mol. The fraction of sp³-hybridized carbons (Fsp3) is 0.200. The summed E-state index contributed by atoms with van der Waals surface area (Å²) in [6.45, 7) is 0.0800. The SMILES string of the molecule is O=C1CCC(N2C(=O)c3cccc(OCc4cc(Cl)cc(Cl)c4)c3C2=O)C(=O)N1. The average Bonchev–Trinajstić information content (AvgIpc) is 2.91. The van der Waals surface area contributed by atoms with Gasteiger partial charge in [-0.25, -0.2) is 0 Å². The molecule has 1 fully saturated rings. The summed E-state index contributed by atoms with van der Waals surface area (Å²) in [5.41, 5.74) is 0.940. The minimum Gasteiger partial charge on any atom is -0.488 e. The average molecular weight is 433 g/mol. The van der Waals surface area contributed by atoms with Crippen molar-refractivity contribution in [2.24, 2.45) is 0 Å². The van der Waals surface area contributed by atoms with Crippen LogP contribution in [0.15, 0.2) is 36.4 Å². The van der Waals surface area contributed by atoms with E-state index in [4.69, 9.17) is 27.9 Å². The standard InChI is InChI=1S/C20H14Cl2N2O5/c21-11-6-10(7-12(22)8-11)9-29-15-3-1-2-13-17(15)20(28)24(19(13)27)14-4-5-16(25)23-18(14)26/h1-3,6-8,14H,4-5,9H2,(H,23,25,26). The first-order chi connectivity index (χ1) is 13.8. The molecular weight excluding hydrogens is 419 g/mol. The number of rotatable bonds is 4. The van der Waals surface area contributed by atoms with Crippen LogP contribution in [-0.4, -0.2) is 34.6 Å². The quantitative estimate of drug-likeness (QED) is 0.749. The van der Waals surface area contributed by atoms with Gasteiger partial charge in [0.05, 0.1) is 11.1 Å². The van der Waals surface area contributed by atoms with Gasteiger partial charge in [0.1, 0.15) is 18.4 Å². The Morgan fingerprint density at radius 1 is 1.03 bits per heavy atom. The molecule has 0 aliphatic carbocycles. The van der Waals surface area contributed by atoms with E-state index in [0.717, 1.165) is 4.90 Å². The lowest BCUT2D eigenvalue weighted by Gasteiger charge is -2.27. The number of hydrogen-bond acceptors (Lipinski definition) is 5. The zero-order valence-electron chi connectivity index (χ0n) is 14.9. The van der Waals surface area contributed by atoms with Gasteiger partial charge < -0.3 is 4.74 Å². The van der Waals surface area contributed by atoms with Gasteiger partial charge in [0.25, 0.3) is 11.8 Å². The minimum absolute atomic E-state index is 0.0582. The van der Waals surface area contributed by atoms with Crippen molar-refractivity contribution >= 4 is 46.8 Å². The maximum atomic E-state index is 13.0. The van der Waals surface area contributed by atoms with Crippen LogP contribution in [0.2, 0.25) is 10.0 Å². The van der Waals surface area contributed by atoms with Gasteiger partial charge in [-0.05, 0) is 42.3 Å². The highest BCUT2D eigenvalue weighted by Gasteiger charge is 2.45. The lowest BCUT2D eigenvalue weighted by atomic mass is 10.0. The van der Waals surface area contributed by atoms with Gasteiger partial charge in [0.2, 0.25) is 11.8 Å². The molecule has 1 N–H and O–H groups in total. The molecule has 148 valence electrons. The number of carbonyl (C=O) groups is 4. The number of halogens is 2. The van der Waals surface area contributed by atoms with Crippen LogP contribution in [0, 0.1) is 0 Å². The summed E-state index contributed by atoms with van der Waals surface area (Å²) in [6.07, 6.45) is 0.149. The van der Waals surface area contributed by atoms with Crippen molar-refractivity contribution in [3.8, 4) is 5.75 Å². The molecule has 2 aliphatic rings. The Morgan fingerprint density at radius 2 is 1.76 bits per heavy atom. The molecule has 0 bridgehead atoms. The van der Waals surface area contributed by atoms with E-state index in [2.05, 4.69) is 5.32 Å². The molecule has 1 atom stereocenters. The molecule has 0 radical (unpaired) electrons. The predicted octanol–water partition coefficient (Wildman–Crippen LogP) is 2.97. The second-order valence-corrected chi connectivity index (χ2v) is 7.57. The van der Waals surface area contributed by atoms with Crippen LogP contribution < -0.4 is 10.1 Å². The van der Waals surface area contributed by atoms with Crippen LogP contribution >= 0.6 is 23.2 Å². The first-order valence-corrected chi connectivity index (χ1v) is 9.53. The van der Waals surface area contributed by atoms with Crippen molar-refractivity contribution in [3.63, 3.8) is 0 Å². The third kappa shape index (κ3) is 3.59. The number of nitrogens with one attached hydrogen (secondary N) is 1. The lowest BCUT2D eigenvalue weighted by Crippen LogP contribution is -2.54. The molecule has 1 unspecified atom stereocenters.